The summed E-state index contributed by atoms with van der Waals surface area (Å²) in [4.78, 5) is 9.14. The van der Waals surface area contributed by atoms with Gasteiger partial charge in [0, 0.05) is 17.0 Å². The number of hydrogen-bond acceptors (Lipinski definition) is 2. The summed E-state index contributed by atoms with van der Waals surface area (Å²) in [5, 5.41) is 1.77. The third kappa shape index (κ3) is 1.22. The molecule has 2 aromatic rings. The minimum Gasteiger partial charge on any atom is -0.237 e. The maximum Gasteiger partial charge on any atom is 0.160 e. The molecule has 2 aliphatic rings. The molecule has 1 saturated carbocycles. The smallest absolute Gasteiger partial charge is 0.160 e. The van der Waals surface area contributed by atoms with Crippen molar-refractivity contribution in [3.63, 3.8) is 0 Å². The molecule has 0 saturated heterocycles. The average Bonchev–Trinajstić information content (AvgIpc) is 2.65. The van der Waals surface area contributed by atoms with Gasteiger partial charge in [0.25, 0.3) is 0 Å². The lowest BCUT2D eigenvalue weighted by atomic mass is 9.67. The predicted molar refractivity (Wildman–Crippen MR) is 68.4 cm³/mol. The van der Waals surface area contributed by atoms with Crippen molar-refractivity contribution in [3.8, 4) is 0 Å². The van der Waals surface area contributed by atoms with Gasteiger partial charge in [-0.3, -0.25) is 0 Å². The first-order valence-electron chi connectivity index (χ1n) is 6.23. The zero-order valence-electron chi connectivity index (χ0n) is 9.54. The number of aromatic nitrogens is 2. The van der Waals surface area contributed by atoms with Crippen LogP contribution in [0.2, 0.25) is 5.02 Å². The first-order chi connectivity index (χ1) is 8.28. The van der Waals surface area contributed by atoms with Crippen LogP contribution in [0.15, 0.2) is 18.3 Å². The number of halogens is 1. The summed E-state index contributed by atoms with van der Waals surface area (Å²) < 4.78 is 0. The van der Waals surface area contributed by atoms with Crippen LogP contribution in [0, 0.1) is 0 Å². The maximum absolute atomic E-state index is 6.20. The molecule has 17 heavy (non-hydrogen) atoms. The molecule has 1 fully saturated rings. The van der Waals surface area contributed by atoms with E-state index in [1.165, 1.54) is 36.9 Å². The van der Waals surface area contributed by atoms with Crippen molar-refractivity contribution in [2.24, 2.45) is 0 Å². The van der Waals surface area contributed by atoms with Crippen LogP contribution in [0.4, 0.5) is 0 Å². The van der Waals surface area contributed by atoms with Gasteiger partial charge in [-0.15, -0.1) is 0 Å². The lowest BCUT2D eigenvalue weighted by molar-refractivity contribution is 0.238. The molecule has 2 heterocycles. The Balaban J connectivity index is 2.01. The summed E-state index contributed by atoms with van der Waals surface area (Å²) in [6, 6.07) is 4.05. The summed E-state index contributed by atoms with van der Waals surface area (Å²) in [5.74, 6) is 0. The van der Waals surface area contributed by atoms with E-state index >= 15 is 0 Å². The maximum atomic E-state index is 6.20. The van der Waals surface area contributed by atoms with E-state index in [9.17, 15) is 0 Å². The highest BCUT2D eigenvalue weighted by atomic mass is 35.5. The fourth-order valence-corrected chi connectivity index (χ4v) is 3.51. The molecule has 0 amide bonds. The summed E-state index contributed by atoms with van der Waals surface area (Å²) in [6.07, 6.45) is 8.12. The number of nitrogens with zero attached hydrogens (tertiary/aromatic N) is 2. The lowest BCUT2D eigenvalue weighted by Crippen LogP contribution is -2.32. The molecule has 2 aliphatic carbocycles. The highest BCUT2D eigenvalue weighted by molar-refractivity contribution is 6.35. The highest BCUT2D eigenvalue weighted by Crippen LogP contribution is 2.52. The molecule has 3 heteroatoms. The van der Waals surface area contributed by atoms with Crippen molar-refractivity contribution in [3.05, 3.63) is 34.6 Å². The van der Waals surface area contributed by atoms with Crippen molar-refractivity contribution < 1.29 is 0 Å². The van der Waals surface area contributed by atoms with Crippen molar-refractivity contribution in [1.29, 1.82) is 0 Å². The first kappa shape index (κ1) is 9.84. The van der Waals surface area contributed by atoms with Crippen LogP contribution >= 0.6 is 11.6 Å². The Bertz CT molecular complexity index is 617. The Morgan fingerprint density at radius 1 is 1.24 bits per heavy atom. The van der Waals surface area contributed by atoms with E-state index < -0.39 is 0 Å². The fraction of sp³-hybridized carbons (Fsp3) is 0.429. The molecular formula is C14H13ClN2. The Labute approximate surface area is 105 Å². The normalized spacial score (nSPS) is 20.5. The van der Waals surface area contributed by atoms with Crippen LogP contribution in [-0.2, 0) is 11.8 Å². The lowest BCUT2D eigenvalue weighted by Gasteiger charge is -2.38. The van der Waals surface area contributed by atoms with Gasteiger partial charge in [-0.2, -0.15) is 0 Å². The average molecular weight is 245 g/mol. The van der Waals surface area contributed by atoms with Gasteiger partial charge in [-0.25, -0.2) is 9.97 Å². The van der Waals surface area contributed by atoms with Crippen LogP contribution in [0.5, 0.6) is 0 Å². The molecule has 2 nitrogen and oxygen atoms in total. The van der Waals surface area contributed by atoms with Crippen LogP contribution in [0.25, 0.3) is 11.0 Å². The van der Waals surface area contributed by atoms with Crippen molar-refractivity contribution >= 4 is 22.6 Å². The van der Waals surface area contributed by atoms with E-state index in [0.717, 1.165) is 22.5 Å². The van der Waals surface area contributed by atoms with E-state index in [-0.39, 0.29) is 0 Å². The van der Waals surface area contributed by atoms with Crippen molar-refractivity contribution in [2.75, 3.05) is 0 Å². The molecule has 86 valence electrons. The molecule has 4 rings (SSSR count). The fourth-order valence-electron chi connectivity index (χ4n) is 3.31. The SMILES string of the molecule is Clc1ccnc2nc3c(cc12)CCC31CCC1. The van der Waals surface area contributed by atoms with Crippen molar-refractivity contribution in [1.82, 2.24) is 9.97 Å². The van der Waals surface area contributed by atoms with E-state index in [1.807, 2.05) is 6.07 Å². The van der Waals surface area contributed by atoms with E-state index in [4.69, 9.17) is 16.6 Å². The van der Waals surface area contributed by atoms with E-state index in [1.54, 1.807) is 6.20 Å². The number of rotatable bonds is 0. The third-order valence-electron chi connectivity index (χ3n) is 4.44. The molecular weight excluding hydrogens is 232 g/mol. The zero-order chi connectivity index (χ0) is 11.5. The molecule has 0 aromatic carbocycles. The molecule has 0 unspecified atom stereocenters. The van der Waals surface area contributed by atoms with Gasteiger partial charge in [0.05, 0.1) is 10.7 Å². The minimum absolute atomic E-state index is 0.396. The third-order valence-corrected chi connectivity index (χ3v) is 4.77. The standard InChI is InChI=1S/C14H13ClN2/c15-11-3-7-16-13-10(11)8-9-2-6-14(4-1-5-14)12(9)17-13/h3,7-8H,1-2,4-6H2. The molecule has 0 N–H and O–H groups in total. The van der Waals surface area contributed by atoms with Gasteiger partial charge in [0.15, 0.2) is 5.65 Å². The van der Waals surface area contributed by atoms with E-state index in [0.29, 0.717) is 5.41 Å². The van der Waals surface area contributed by atoms with Crippen molar-refractivity contribution in [2.45, 2.75) is 37.5 Å². The van der Waals surface area contributed by atoms with Gasteiger partial charge in [0.2, 0.25) is 0 Å². The molecule has 2 aromatic heterocycles. The Morgan fingerprint density at radius 3 is 2.88 bits per heavy atom. The molecule has 0 aliphatic heterocycles. The molecule has 0 atom stereocenters. The Hall–Kier alpha value is -1.15. The highest BCUT2D eigenvalue weighted by Gasteiger charge is 2.45. The number of hydrogen-bond donors (Lipinski definition) is 0. The van der Waals surface area contributed by atoms with Gasteiger partial charge in [0.1, 0.15) is 0 Å². The summed E-state index contributed by atoms with van der Waals surface area (Å²) in [5.41, 5.74) is 3.91. The van der Waals surface area contributed by atoms with Crippen LogP contribution in [-0.4, -0.2) is 9.97 Å². The second-order valence-electron chi connectivity index (χ2n) is 5.29. The monoisotopic (exact) mass is 244 g/mol. The molecule has 0 radical (unpaired) electrons. The largest absolute Gasteiger partial charge is 0.237 e. The quantitative estimate of drug-likeness (QED) is 0.707. The Morgan fingerprint density at radius 2 is 2.12 bits per heavy atom. The molecule has 0 bridgehead atoms. The summed E-state index contributed by atoms with van der Waals surface area (Å²) in [7, 11) is 0. The number of aryl methyl sites for hydroxylation is 1. The molecule has 1 spiro atoms. The second-order valence-corrected chi connectivity index (χ2v) is 5.70. The van der Waals surface area contributed by atoms with E-state index in [2.05, 4.69) is 11.1 Å². The van der Waals surface area contributed by atoms with Gasteiger partial charge < -0.3 is 0 Å². The Kier molecular flexibility index (Phi) is 1.85. The zero-order valence-corrected chi connectivity index (χ0v) is 10.3. The van der Waals surface area contributed by atoms with Crippen LogP contribution in [0.3, 0.4) is 0 Å². The first-order valence-corrected chi connectivity index (χ1v) is 6.61. The summed E-state index contributed by atoms with van der Waals surface area (Å²) >= 11 is 6.20. The summed E-state index contributed by atoms with van der Waals surface area (Å²) in [6.45, 7) is 0. The number of fused-ring (bicyclic) bond motifs is 3. The minimum atomic E-state index is 0.396. The predicted octanol–water partition coefficient (Wildman–Crippen LogP) is 3.65. The van der Waals surface area contributed by atoms with Gasteiger partial charge in [-0.1, -0.05) is 18.0 Å². The van der Waals surface area contributed by atoms with Gasteiger partial charge >= 0.3 is 0 Å². The second kappa shape index (κ2) is 3.20. The number of pyridine rings is 2. The van der Waals surface area contributed by atoms with Crippen LogP contribution in [0.1, 0.15) is 36.9 Å². The van der Waals surface area contributed by atoms with Crippen LogP contribution < -0.4 is 0 Å². The topological polar surface area (TPSA) is 25.8 Å². The van der Waals surface area contributed by atoms with Gasteiger partial charge in [-0.05, 0) is 43.4 Å².